The summed E-state index contributed by atoms with van der Waals surface area (Å²) in [5, 5.41) is 2.44. The number of rotatable bonds is 2. The van der Waals surface area contributed by atoms with E-state index in [2.05, 4.69) is 26.0 Å². The van der Waals surface area contributed by atoms with Crippen LogP contribution in [0.4, 0.5) is 4.79 Å². The van der Waals surface area contributed by atoms with E-state index in [-0.39, 0.29) is 0 Å². The van der Waals surface area contributed by atoms with Crippen molar-refractivity contribution in [3.8, 4) is 0 Å². The number of ether oxygens (including phenoxy) is 1. The topological polar surface area (TPSA) is 38.3 Å². The van der Waals surface area contributed by atoms with Gasteiger partial charge in [0.05, 0.1) is 7.11 Å². The Morgan fingerprint density at radius 3 is 2.64 bits per heavy atom. The van der Waals surface area contributed by atoms with Crippen molar-refractivity contribution >= 4 is 28.1 Å². The van der Waals surface area contributed by atoms with E-state index in [4.69, 9.17) is 0 Å². The second-order valence-electron chi connectivity index (χ2n) is 2.52. The van der Waals surface area contributed by atoms with Crippen LogP contribution in [-0.4, -0.2) is 13.2 Å². The molecule has 1 N–H and O–H groups in total. The van der Waals surface area contributed by atoms with Gasteiger partial charge < -0.3 is 4.74 Å². The zero-order valence-electron chi connectivity index (χ0n) is 7.66. The average molecular weight is 256 g/mol. The van der Waals surface area contributed by atoms with Gasteiger partial charge in [-0.05, 0) is 23.8 Å². The number of hydrogen-bond acceptors (Lipinski definition) is 2. The molecule has 0 unspecified atom stereocenters. The van der Waals surface area contributed by atoms with Crippen LogP contribution in [0.2, 0.25) is 0 Å². The van der Waals surface area contributed by atoms with E-state index in [9.17, 15) is 4.79 Å². The van der Waals surface area contributed by atoms with Crippen molar-refractivity contribution in [1.82, 2.24) is 5.32 Å². The molecule has 0 aliphatic carbocycles. The Bertz CT molecular complexity index is 332. The van der Waals surface area contributed by atoms with Gasteiger partial charge >= 0.3 is 6.09 Å². The van der Waals surface area contributed by atoms with Crippen LogP contribution in [0, 0.1) is 0 Å². The third-order valence-corrected chi connectivity index (χ3v) is 2.06. The minimum absolute atomic E-state index is 0.474. The van der Waals surface area contributed by atoms with Crippen molar-refractivity contribution in [2.45, 2.75) is 0 Å². The number of methoxy groups -OCH3 is 1. The lowest BCUT2D eigenvalue weighted by molar-refractivity contribution is 0.175. The van der Waals surface area contributed by atoms with E-state index in [1.54, 1.807) is 6.08 Å². The molecule has 1 amide bonds. The Morgan fingerprint density at radius 1 is 1.43 bits per heavy atom. The number of halogens is 1. The van der Waals surface area contributed by atoms with E-state index >= 15 is 0 Å². The molecule has 0 aliphatic heterocycles. The fourth-order valence-electron chi connectivity index (χ4n) is 0.839. The Hall–Kier alpha value is -1.29. The Kier molecular flexibility index (Phi) is 4.19. The molecule has 0 radical (unpaired) electrons. The smallest absolute Gasteiger partial charge is 0.410 e. The normalized spacial score (nSPS) is 10.1. The van der Waals surface area contributed by atoms with Crippen molar-refractivity contribution < 1.29 is 9.53 Å². The Morgan fingerprint density at radius 2 is 2.07 bits per heavy atom. The van der Waals surface area contributed by atoms with Crippen molar-refractivity contribution in [3.63, 3.8) is 0 Å². The van der Waals surface area contributed by atoms with Gasteiger partial charge in [-0.3, -0.25) is 5.32 Å². The molecule has 0 bridgehead atoms. The first-order chi connectivity index (χ1) is 6.72. The molecule has 1 rings (SSSR count). The monoisotopic (exact) mass is 255 g/mol. The average Bonchev–Trinajstić information content (AvgIpc) is 2.21. The summed E-state index contributed by atoms with van der Waals surface area (Å²) in [5.74, 6) is 0. The summed E-state index contributed by atoms with van der Waals surface area (Å²) in [6.07, 6.45) is 2.84. The van der Waals surface area contributed by atoms with Gasteiger partial charge in [-0.1, -0.05) is 28.1 Å². The molecular weight excluding hydrogens is 246 g/mol. The van der Waals surface area contributed by atoms with Crippen LogP contribution < -0.4 is 5.32 Å². The van der Waals surface area contributed by atoms with Crippen LogP contribution in [0.25, 0.3) is 6.08 Å². The number of carbonyl (C=O) groups is 1. The van der Waals surface area contributed by atoms with Crippen LogP contribution in [-0.2, 0) is 4.74 Å². The summed E-state index contributed by atoms with van der Waals surface area (Å²) < 4.78 is 5.42. The molecule has 0 spiro atoms. The molecule has 0 fully saturated rings. The molecule has 14 heavy (non-hydrogen) atoms. The summed E-state index contributed by atoms with van der Waals surface area (Å²) in [5.41, 5.74) is 1.00. The van der Waals surface area contributed by atoms with Crippen molar-refractivity contribution in [2.24, 2.45) is 0 Å². The lowest BCUT2D eigenvalue weighted by Crippen LogP contribution is -2.15. The van der Waals surface area contributed by atoms with Crippen LogP contribution in [0.3, 0.4) is 0 Å². The number of nitrogens with one attached hydrogen (secondary N) is 1. The first-order valence-electron chi connectivity index (χ1n) is 3.99. The lowest BCUT2D eigenvalue weighted by Gasteiger charge is -1.96. The highest BCUT2D eigenvalue weighted by molar-refractivity contribution is 9.10. The first-order valence-corrected chi connectivity index (χ1v) is 4.78. The summed E-state index contributed by atoms with van der Waals surface area (Å²) >= 11 is 3.33. The van der Waals surface area contributed by atoms with Crippen LogP contribution >= 0.6 is 15.9 Å². The SMILES string of the molecule is COC(=O)N/C=C/c1ccc(Br)cc1. The third-order valence-electron chi connectivity index (χ3n) is 1.53. The van der Waals surface area contributed by atoms with E-state index in [0.29, 0.717) is 0 Å². The van der Waals surface area contributed by atoms with E-state index in [1.165, 1.54) is 13.3 Å². The first kappa shape index (κ1) is 10.8. The standard InChI is InChI=1S/C10H10BrNO2/c1-14-10(13)12-7-6-8-2-4-9(11)5-3-8/h2-7H,1H3,(H,12,13)/b7-6+. The van der Waals surface area contributed by atoms with Crippen LogP contribution in [0.5, 0.6) is 0 Å². The number of amides is 1. The van der Waals surface area contributed by atoms with Crippen LogP contribution in [0.1, 0.15) is 5.56 Å². The van der Waals surface area contributed by atoms with E-state index < -0.39 is 6.09 Å². The maximum Gasteiger partial charge on any atom is 0.410 e. The maximum atomic E-state index is 10.7. The molecular formula is C10H10BrNO2. The van der Waals surface area contributed by atoms with Gasteiger partial charge in [-0.15, -0.1) is 0 Å². The maximum absolute atomic E-state index is 10.7. The minimum Gasteiger partial charge on any atom is -0.453 e. The second-order valence-corrected chi connectivity index (χ2v) is 3.44. The molecule has 1 aromatic carbocycles. The third kappa shape index (κ3) is 3.62. The zero-order chi connectivity index (χ0) is 10.4. The molecule has 1 aromatic rings. The van der Waals surface area contributed by atoms with Gasteiger partial charge in [-0.2, -0.15) is 0 Å². The molecule has 0 heterocycles. The largest absolute Gasteiger partial charge is 0.453 e. The minimum atomic E-state index is -0.474. The van der Waals surface area contributed by atoms with Crippen LogP contribution in [0.15, 0.2) is 34.9 Å². The van der Waals surface area contributed by atoms with Crippen molar-refractivity contribution in [2.75, 3.05) is 7.11 Å². The zero-order valence-corrected chi connectivity index (χ0v) is 9.24. The molecule has 0 aliphatic rings. The fraction of sp³-hybridized carbons (Fsp3) is 0.100. The van der Waals surface area contributed by atoms with Gasteiger partial charge in [0.2, 0.25) is 0 Å². The quantitative estimate of drug-likeness (QED) is 0.883. The highest BCUT2D eigenvalue weighted by atomic mass is 79.9. The molecule has 0 saturated carbocycles. The van der Waals surface area contributed by atoms with Crippen molar-refractivity contribution in [1.29, 1.82) is 0 Å². The number of hydrogen-bond donors (Lipinski definition) is 1. The number of carbonyl (C=O) groups excluding carboxylic acids is 1. The summed E-state index contributed by atoms with van der Waals surface area (Å²) in [7, 11) is 1.32. The number of alkyl carbamates (subject to hydrolysis) is 1. The van der Waals surface area contributed by atoms with Gasteiger partial charge in [0.1, 0.15) is 0 Å². The summed E-state index contributed by atoms with van der Waals surface area (Å²) in [6, 6.07) is 7.72. The van der Waals surface area contributed by atoms with Gasteiger partial charge in [0, 0.05) is 10.7 Å². The van der Waals surface area contributed by atoms with Gasteiger partial charge in [0.25, 0.3) is 0 Å². The summed E-state index contributed by atoms with van der Waals surface area (Å²) in [4.78, 5) is 10.7. The molecule has 0 aromatic heterocycles. The van der Waals surface area contributed by atoms with E-state index in [0.717, 1.165) is 10.0 Å². The van der Waals surface area contributed by atoms with Gasteiger partial charge in [-0.25, -0.2) is 4.79 Å². The fourth-order valence-corrected chi connectivity index (χ4v) is 1.10. The predicted molar refractivity (Wildman–Crippen MR) is 58.7 cm³/mol. The Balaban J connectivity index is 2.52. The molecule has 3 nitrogen and oxygen atoms in total. The second kappa shape index (κ2) is 5.44. The highest BCUT2D eigenvalue weighted by Gasteiger charge is 1.91. The molecule has 74 valence electrons. The lowest BCUT2D eigenvalue weighted by atomic mass is 10.2. The van der Waals surface area contributed by atoms with E-state index in [1.807, 2.05) is 24.3 Å². The van der Waals surface area contributed by atoms with Gasteiger partial charge in [0.15, 0.2) is 0 Å². The molecule has 4 heteroatoms. The predicted octanol–water partition coefficient (Wildman–Crippen LogP) is 2.78. The molecule has 0 saturated heterocycles. The Labute approximate surface area is 90.9 Å². The van der Waals surface area contributed by atoms with Crippen molar-refractivity contribution in [3.05, 3.63) is 40.5 Å². The highest BCUT2D eigenvalue weighted by Crippen LogP contribution is 2.10. The summed E-state index contributed by atoms with van der Waals surface area (Å²) in [6.45, 7) is 0. The number of benzene rings is 1. The molecule has 0 atom stereocenters.